The Morgan fingerprint density at radius 2 is 1.87 bits per heavy atom. The normalized spacial score (nSPS) is 21.1. The van der Waals surface area contributed by atoms with Crippen molar-refractivity contribution in [1.82, 2.24) is 9.62 Å². The Labute approximate surface area is 93.1 Å². The molecule has 0 unspecified atom stereocenters. The maximum atomic E-state index is 11.4. The van der Waals surface area contributed by atoms with Gasteiger partial charge in [0.05, 0.1) is 5.75 Å². The molecule has 15 heavy (non-hydrogen) atoms. The number of sulfonamides is 1. The molecular weight excluding hydrogens is 212 g/mol. The van der Waals surface area contributed by atoms with Crippen molar-refractivity contribution in [3.63, 3.8) is 0 Å². The molecule has 5 heteroatoms. The van der Waals surface area contributed by atoms with E-state index in [0.717, 1.165) is 25.9 Å². The summed E-state index contributed by atoms with van der Waals surface area (Å²) in [5.74, 6) is 0.178. The first-order chi connectivity index (χ1) is 6.94. The summed E-state index contributed by atoms with van der Waals surface area (Å²) in [6.45, 7) is 8.02. The Kier molecular flexibility index (Phi) is 4.55. The number of nitrogens with one attached hydrogen (secondary N) is 1. The second-order valence-electron chi connectivity index (χ2n) is 4.43. The SMILES string of the molecule is CCS(=O)(=O)NC1CCN(C(C)C)CC1. The summed E-state index contributed by atoms with van der Waals surface area (Å²) in [5.41, 5.74) is 0. The molecular formula is C10H22N2O2S. The van der Waals surface area contributed by atoms with Gasteiger partial charge in [-0.15, -0.1) is 0 Å². The molecule has 0 spiro atoms. The molecule has 0 aromatic heterocycles. The van der Waals surface area contributed by atoms with Crippen molar-refractivity contribution >= 4 is 10.0 Å². The second kappa shape index (κ2) is 5.27. The van der Waals surface area contributed by atoms with Crippen molar-refractivity contribution in [2.75, 3.05) is 18.8 Å². The summed E-state index contributed by atoms with van der Waals surface area (Å²) in [6.07, 6.45) is 1.86. The van der Waals surface area contributed by atoms with Gasteiger partial charge in [-0.05, 0) is 46.7 Å². The predicted molar refractivity (Wildman–Crippen MR) is 62.3 cm³/mol. The Morgan fingerprint density at radius 3 is 2.27 bits per heavy atom. The summed E-state index contributed by atoms with van der Waals surface area (Å²) < 4.78 is 25.5. The Balaban J connectivity index is 2.38. The monoisotopic (exact) mass is 234 g/mol. The molecule has 0 bridgehead atoms. The maximum Gasteiger partial charge on any atom is 0.211 e. The lowest BCUT2D eigenvalue weighted by molar-refractivity contribution is 0.168. The molecule has 1 aliphatic heterocycles. The van der Waals surface area contributed by atoms with Gasteiger partial charge in [-0.25, -0.2) is 13.1 Å². The van der Waals surface area contributed by atoms with Crippen molar-refractivity contribution in [3.05, 3.63) is 0 Å². The number of piperidine rings is 1. The fraction of sp³-hybridized carbons (Fsp3) is 1.00. The van der Waals surface area contributed by atoms with E-state index in [1.54, 1.807) is 6.92 Å². The zero-order valence-corrected chi connectivity index (χ0v) is 10.7. The molecule has 4 nitrogen and oxygen atoms in total. The Morgan fingerprint density at radius 1 is 1.33 bits per heavy atom. The largest absolute Gasteiger partial charge is 0.301 e. The first-order valence-electron chi connectivity index (χ1n) is 5.68. The smallest absolute Gasteiger partial charge is 0.211 e. The lowest BCUT2D eigenvalue weighted by Gasteiger charge is -2.34. The van der Waals surface area contributed by atoms with Crippen molar-refractivity contribution in [1.29, 1.82) is 0 Å². The van der Waals surface area contributed by atoms with Gasteiger partial charge in [-0.1, -0.05) is 0 Å². The van der Waals surface area contributed by atoms with E-state index in [1.807, 2.05) is 0 Å². The third kappa shape index (κ3) is 4.09. The lowest BCUT2D eigenvalue weighted by atomic mass is 10.1. The average Bonchev–Trinajstić information content (AvgIpc) is 2.18. The fourth-order valence-electron chi connectivity index (χ4n) is 1.87. The third-order valence-corrected chi connectivity index (χ3v) is 4.44. The maximum absolute atomic E-state index is 11.4. The molecule has 0 saturated carbocycles. The molecule has 1 N–H and O–H groups in total. The molecule has 1 saturated heterocycles. The topological polar surface area (TPSA) is 49.4 Å². The summed E-state index contributed by atoms with van der Waals surface area (Å²) in [5, 5.41) is 0. The van der Waals surface area contributed by atoms with Gasteiger partial charge in [0.1, 0.15) is 0 Å². The molecule has 0 aliphatic carbocycles. The molecule has 1 fully saturated rings. The van der Waals surface area contributed by atoms with Crippen molar-refractivity contribution in [3.8, 4) is 0 Å². The van der Waals surface area contributed by atoms with Crippen LogP contribution in [0.2, 0.25) is 0 Å². The summed E-state index contributed by atoms with van der Waals surface area (Å²) in [6, 6.07) is 0.707. The second-order valence-corrected chi connectivity index (χ2v) is 6.47. The van der Waals surface area contributed by atoms with Crippen LogP contribution >= 0.6 is 0 Å². The molecule has 0 atom stereocenters. The lowest BCUT2D eigenvalue weighted by Crippen LogP contribution is -2.46. The average molecular weight is 234 g/mol. The van der Waals surface area contributed by atoms with Gasteiger partial charge in [-0.3, -0.25) is 0 Å². The quantitative estimate of drug-likeness (QED) is 0.783. The van der Waals surface area contributed by atoms with Crippen LogP contribution in [0.4, 0.5) is 0 Å². The number of nitrogens with zero attached hydrogens (tertiary/aromatic N) is 1. The Hall–Kier alpha value is -0.130. The third-order valence-electron chi connectivity index (χ3n) is 2.99. The van der Waals surface area contributed by atoms with E-state index in [4.69, 9.17) is 0 Å². The van der Waals surface area contributed by atoms with Gasteiger partial charge in [0, 0.05) is 12.1 Å². The highest BCUT2D eigenvalue weighted by Crippen LogP contribution is 2.13. The first-order valence-corrected chi connectivity index (χ1v) is 7.34. The van der Waals surface area contributed by atoms with Crippen molar-refractivity contribution in [2.24, 2.45) is 0 Å². The van der Waals surface area contributed by atoms with E-state index in [2.05, 4.69) is 23.5 Å². The zero-order chi connectivity index (χ0) is 11.5. The van der Waals surface area contributed by atoms with Crippen molar-refractivity contribution in [2.45, 2.75) is 45.7 Å². The van der Waals surface area contributed by atoms with E-state index in [0.29, 0.717) is 6.04 Å². The number of hydrogen-bond acceptors (Lipinski definition) is 3. The van der Waals surface area contributed by atoms with Gasteiger partial charge in [0.15, 0.2) is 0 Å². The van der Waals surface area contributed by atoms with E-state index in [1.165, 1.54) is 0 Å². The van der Waals surface area contributed by atoms with Crippen LogP contribution in [0.5, 0.6) is 0 Å². The van der Waals surface area contributed by atoms with Gasteiger partial charge in [-0.2, -0.15) is 0 Å². The van der Waals surface area contributed by atoms with Gasteiger partial charge in [0.25, 0.3) is 0 Å². The van der Waals surface area contributed by atoms with Crippen LogP contribution in [0, 0.1) is 0 Å². The van der Waals surface area contributed by atoms with E-state index in [9.17, 15) is 8.42 Å². The highest BCUT2D eigenvalue weighted by atomic mass is 32.2. The number of likely N-dealkylation sites (tertiary alicyclic amines) is 1. The van der Waals surface area contributed by atoms with Crippen LogP contribution < -0.4 is 4.72 Å². The molecule has 0 amide bonds. The van der Waals surface area contributed by atoms with Crippen molar-refractivity contribution < 1.29 is 8.42 Å². The molecule has 0 radical (unpaired) electrons. The van der Waals surface area contributed by atoms with Crippen LogP contribution in [0.15, 0.2) is 0 Å². The number of rotatable bonds is 4. The zero-order valence-electron chi connectivity index (χ0n) is 9.86. The Bertz CT molecular complexity index is 280. The minimum absolute atomic E-state index is 0.143. The van der Waals surface area contributed by atoms with Crippen LogP contribution in [0.25, 0.3) is 0 Å². The van der Waals surface area contributed by atoms with E-state index >= 15 is 0 Å². The number of hydrogen-bond donors (Lipinski definition) is 1. The molecule has 1 heterocycles. The van der Waals surface area contributed by atoms with Crippen LogP contribution in [-0.2, 0) is 10.0 Å². The van der Waals surface area contributed by atoms with Crippen LogP contribution in [0.3, 0.4) is 0 Å². The van der Waals surface area contributed by atoms with Gasteiger partial charge in [0.2, 0.25) is 10.0 Å². The minimum atomic E-state index is -3.03. The highest BCUT2D eigenvalue weighted by molar-refractivity contribution is 7.89. The first kappa shape index (κ1) is 12.9. The van der Waals surface area contributed by atoms with Crippen LogP contribution in [-0.4, -0.2) is 44.2 Å². The summed E-state index contributed by atoms with van der Waals surface area (Å²) in [7, 11) is -3.03. The molecule has 1 aliphatic rings. The highest BCUT2D eigenvalue weighted by Gasteiger charge is 2.23. The van der Waals surface area contributed by atoms with E-state index < -0.39 is 10.0 Å². The van der Waals surface area contributed by atoms with Gasteiger partial charge >= 0.3 is 0 Å². The molecule has 0 aromatic carbocycles. The summed E-state index contributed by atoms with van der Waals surface area (Å²) >= 11 is 0. The molecule has 1 rings (SSSR count). The molecule has 0 aromatic rings. The molecule has 90 valence electrons. The fourth-order valence-corrected chi connectivity index (χ4v) is 2.78. The van der Waals surface area contributed by atoms with Gasteiger partial charge < -0.3 is 4.90 Å². The van der Waals surface area contributed by atoms with E-state index in [-0.39, 0.29) is 11.8 Å². The standard InChI is InChI=1S/C10H22N2O2S/c1-4-15(13,14)11-10-5-7-12(8-6-10)9(2)3/h9-11H,4-8H2,1-3H3. The van der Waals surface area contributed by atoms with Crippen LogP contribution in [0.1, 0.15) is 33.6 Å². The summed E-state index contributed by atoms with van der Waals surface area (Å²) in [4.78, 5) is 2.39. The predicted octanol–water partition coefficient (Wildman–Crippen LogP) is 0.798. The minimum Gasteiger partial charge on any atom is -0.301 e.